The number of ether oxygens (including phenoxy) is 1. The number of hydrogen-bond donors (Lipinski definition) is 1. The molecule has 0 aliphatic heterocycles. The highest BCUT2D eigenvalue weighted by Gasteiger charge is 2.35. The lowest BCUT2D eigenvalue weighted by Gasteiger charge is -2.38. The van der Waals surface area contributed by atoms with Crippen molar-refractivity contribution in [3.8, 4) is 0 Å². The summed E-state index contributed by atoms with van der Waals surface area (Å²) in [6, 6.07) is 0. The number of carbonyl (C=O) groups excluding carboxylic acids is 1. The molecule has 0 saturated heterocycles. The molecule has 1 N–H and O–H groups in total. The van der Waals surface area contributed by atoms with Crippen molar-refractivity contribution in [1.29, 1.82) is 0 Å². The number of aliphatic hydroxyl groups is 1. The van der Waals surface area contributed by atoms with E-state index in [1.54, 1.807) is 0 Å². The Labute approximate surface area is 114 Å². The first-order valence-corrected chi connectivity index (χ1v) is 6.86. The maximum absolute atomic E-state index is 11.9. The van der Waals surface area contributed by atoms with Crippen molar-refractivity contribution >= 4 is 5.97 Å². The molecule has 0 spiro atoms. The van der Waals surface area contributed by atoms with Gasteiger partial charge in [-0.15, -0.1) is 0 Å². The highest BCUT2D eigenvalue weighted by molar-refractivity contribution is 5.90. The Bertz CT molecular complexity index is 466. The minimum atomic E-state index is -0.410. The zero-order valence-electron chi connectivity index (χ0n) is 11.8. The number of rotatable bonds is 3. The fourth-order valence-electron chi connectivity index (χ4n) is 3.08. The molecular weight excluding hydrogens is 240 g/mol. The number of hydrogen-bond acceptors (Lipinski definition) is 3. The van der Waals surface area contributed by atoms with Crippen LogP contribution in [-0.2, 0) is 9.53 Å². The molecule has 0 aromatic heterocycles. The zero-order chi connectivity index (χ0) is 14.0. The largest absolute Gasteiger partial charge is 0.511 e. The van der Waals surface area contributed by atoms with Crippen LogP contribution in [0.3, 0.4) is 0 Å². The van der Waals surface area contributed by atoms with Crippen molar-refractivity contribution in [3.63, 3.8) is 0 Å². The van der Waals surface area contributed by atoms with E-state index in [0.717, 1.165) is 19.3 Å². The number of carbonyl (C=O) groups is 1. The lowest BCUT2D eigenvalue weighted by Crippen LogP contribution is -2.26. The average Bonchev–Trinajstić information content (AvgIpc) is 2.36. The quantitative estimate of drug-likeness (QED) is 0.621. The highest BCUT2D eigenvalue weighted by Crippen LogP contribution is 2.47. The van der Waals surface area contributed by atoms with Gasteiger partial charge in [-0.1, -0.05) is 37.6 Å². The van der Waals surface area contributed by atoms with Gasteiger partial charge in [-0.25, -0.2) is 4.79 Å². The van der Waals surface area contributed by atoms with Crippen LogP contribution in [0.2, 0.25) is 0 Å². The first kappa shape index (κ1) is 13.9. The standard InChI is InChI=1S/C16H22O3/c1-4-8-19-15(18)12-9-11-6-5-7-16(2,3)13(11)10-14(12)17/h4,17H,1,5-10H2,2-3H3. The van der Waals surface area contributed by atoms with E-state index in [-0.39, 0.29) is 17.8 Å². The van der Waals surface area contributed by atoms with Crippen LogP contribution >= 0.6 is 0 Å². The normalized spacial score (nSPS) is 22.0. The summed E-state index contributed by atoms with van der Waals surface area (Å²) in [5.74, 6) is -0.227. The Balaban J connectivity index is 2.19. The molecule has 19 heavy (non-hydrogen) atoms. The number of esters is 1. The minimum Gasteiger partial charge on any atom is -0.511 e. The molecule has 0 unspecified atom stereocenters. The van der Waals surface area contributed by atoms with Crippen LogP contribution in [0.5, 0.6) is 0 Å². The van der Waals surface area contributed by atoms with Crippen LogP contribution in [0, 0.1) is 5.41 Å². The molecule has 2 aliphatic carbocycles. The van der Waals surface area contributed by atoms with Crippen molar-refractivity contribution in [2.75, 3.05) is 6.61 Å². The van der Waals surface area contributed by atoms with E-state index < -0.39 is 5.97 Å². The third-order valence-electron chi connectivity index (χ3n) is 4.19. The van der Waals surface area contributed by atoms with E-state index in [1.807, 2.05) is 0 Å². The number of allylic oxidation sites excluding steroid dienone is 2. The lowest BCUT2D eigenvalue weighted by molar-refractivity contribution is -0.138. The summed E-state index contributed by atoms with van der Waals surface area (Å²) in [5, 5.41) is 10.1. The molecule has 3 heteroatoms. The minimum absolute atomic E-state index is 0.137. The molecule has 0 aromatic carbocycles. The van der Waals surface area contributed by atoms with E-state index in [4.69, 9.17) is 4.74 Å². The smallest absolute Gasteiger partial charge is 0.338 e. The topological polar surface area (TPSA) is 46.5 Å². The van der Waals surface area contributed by atoms with Gasteiger partial charge in [0.1, 0.15) is 12.4 Å². The molecule has 2 rings (SSSR count). The summed E-state index contributed by atoms with van der Waals surface area (Å²) in [7, 11) is 0. The zero-order valence-corrected chi connectivity index (χ0v) is 11.8. The van der Waals surface area contributed by atoms with Crippen LogP contribution in [0.4, 0.5) is 0 Å². The van der Waals surface area contributed by atoms with Crippen molar-refractivity contribution in [3.05, 3.63) is 35.1 Å². The first-order valence-electron chi connectivity index (χ1n) is 6.86. The summed E-state index contributed by atoms with van der Waals surface area (Å²) in [4.78, 5) is 11.9. The average molecular weight is 262 g/mol. The van der Waals surface area contributed by atoms with Crippen molar-refractivity contribution in [2.45, 2.75) is 46.0 Å². The summed E-state index contributed by atoms with van der Waals surface area (Å²) in [5.41, 5.74) is 3.20. The Kier molecular flexibility index (Phi) is 3.83. The first-order chi connectivity index (χ1) is 8.95. The van der Waals surface area contributed by atoms with Gasteiger partial charge in [-0.3, -0.25) is 0 Å². The van der Waals surface area contributed by atoms with Gasteiger partial charge >= 0.3 is 5.97 Å². The predicted octanol–water partition coefficient (Wildman–Crippen LogP) is 3.83. The summed E-state index contributed by atoms with van der Waals surface area (Å²) < 4.78 is 5.04. The van der Waals surface area contributed by atoms with Crippen molar-refractivity contribution < 1.29 is 14.6 Å². The number of aliphatic hydroxyl groups excluding tert-OH is 1. The molecule has 0 atom stereocenters. The Morgan fingerprint density at radius 3 is 2.89 bits per heavy atom. The summed E-state index contributed by atoms with van der Waals surface area (Å²) in [6.07, 6.45) is 5.91. The summed E-state index contributed by atoms with van der Waals surface area (Å²) in [6.45, 7) is 8.14. The third kappa shape index (κ3) is 2.75. The second-order valence-corrected chi connectivity index (χ2v) is 5.99. The SMILES string of the molecule is C=CCOC(=O)C1=C(O)CC2=C(CCCC2(C)C)C1. The second kappa shape index (κ2) is 5.24. The fraction of sp³-hybridized carbons (Fsp3) is 0.562. The van der Waals surface area contributed by atoms with E-state index >= 15 is 0 Å². The van der Waals surface area contributed by atoms with Crippen LogP contribution in [-0.4, -0.2) is 17.7 Å². The highest BCUT2D eigenvalue weighted by atomic mass is 16.5. The van der Waals surface area contributed by atoms with E-state index in [2.05, 4.69) is 20.4 Å². The van der Waals surface area contributed by atoms with Gasteiger partial charge in [0.2, 0.25) is 0 Å². The van der Waals surface area contributed by atoms with Gasteiger partial charge < -0.3 is 9.84 Å². The van der Waals surface area contributed by atoms with Crippen molar-refractivity contribution in [2.24, 2.45) is 5.41 Å². The van der Waals surface area contributed by atoms with E-state index in [0.29, 0.717) is 18.4 Å². The Hall–Kier alpha value is -1.51. The molecule has 0 saturated carbocycles. The van der Waals surface area contributed by atoms with Gasteiger partial charge in [0, 0.05) is 12.8 Å². The molecule has 0 fully saturated rings. The van der Waals surface area contributed by atoms with Crippen LogP contribution < -0.4 is 0 Å². The molecule has 0 bridgehead atoms. The van der Waals surface area contributed by atoms with Gasteiger partial charge in [-0.2, -0.15) is 0 Å². The van der Waals surface area contributed by atoms with Gasteiger partial charge in [0.05, 0.1) is 5.57 Å². The maximum atomic E-state index is 11.9. The molecule has 0 amide bonds. The molecule has 3 nitrogen and oxygen atoms in total. The third-order valence-corrected chi connectivity index (χ3v) is 4.19. The Morgan fingerprint density at radius 2 is 2.21 bits per heavy atom. The van der Waals surface area contributed by atoms with Crippen LogP contribution in [0.15, 0.2) is 35.1 Å². The summed E-state index contributed by atoms with van der Waals surface area (Å²) >= 11 is 0. The molecule has 0 radical (unpaired) electrons. The maximum Gasteiger partial charge on any atom is 0.338 e. The molecular formula is C16H22O3. The van der Waals surface area contributed by atoms with Gasteiger partial charge in [-0.05, 0) is 24.7 Å². The monoisotopic (exact) mass is 262 g/mol. The van der Waals surface area contributed by atoms with Crippen LogP contribution in [0.1, 0.15) is 46.0 Å². The fourth-order valence-corrected chi connectivity index (χ4v) is 3.08. The predicted molar refractivity (Wildman–Crippen MR) is 74.7 cm³/mol. The Morgan fingerprint density at radius 1 is 1.47 bits per heavy atom. The lowest BCUT2D eigenvalue weighted by atomic mass is 9.68. The second-order valence-electron chi connectivity index (χ2n) is 5.99. The van der Waals surface area contributed by atoms with Crippen molar-refractivity contribution in [1.82, 2.24) is 0 Å². The van der Waals surface area contributed by atoms with Gasteiger partial charge in [0.15, 0.2) is 0 Å². The molecule has 2 aliphatic rings. The molecule has 104 valence electrons. The van der Waals surface area contributed by atoms with Gasteiger partial charge in [0.25, 0.3) is 0 Å². The molecule has 0 heterocycles. The molecule has 0 aromatic rings. The van der Waals surface area contributed by atoms with Crippen LogP contribution in [0.25, 0.3) is 0 Å². The van der Waals surface area contributed by atoms with E-state index in [9.17, 15) is 9.90 Å². The van der Waals surface area contributed by atoms with E-state index in [1.165, 1.54) is 17.2 Å².